The zero-order valence-electron chi connectivity index (χ0n) is 8.37. The molecule has 1 aromatic carbocycles. The van der Waals surface area contributed by atoms with Gasteiger partial charge in [0.2, 0.25) is 0 Å². The standard InChI is InChI=1S/C12H10O3/c1-7-5-9-6-8(12(14)15-2)3-4-10(9)11(7)13/h3-4,6H,1,5H2,2H3. The SMILES string of the molecule is C=C1Cc2cc(C(=O)OC)ccc2C1=O. The fourth-order valence-electron chi connectivity index (χ4n) is 1.71. The quantitative estimate of drug-likeness (QED) is 0.515. The zero-order valence-corrected chi connectivity index (χ0v) is 8.37. The normalized spacial score (nSPS) is 13.9. The van der Waals surface area contributed by atoms with E-state index in [1.165, 1.54) is 7.11 Å². The van der Waals surface area contributed by atoms with E-state index in [0.29, 0.717) is 23.1 Å². The van der Waals surface area contributed by atoms with Gasteiger partial charge in [-0.15, -0.1) is 0 Å². The van der Waals surface area contributed by atoms with Gasteiger partial charge in [0.1, 0.15) is 0 Å². The second-order valence-corrected chi connectivity index (χ2v) is 3.47. The summed E-state index contributed by atoms with van der Waals surface area (Å²) in [7, 11) is 1.33. The lowest BCUT2D eigenvalue weighted by Crippen LogP contribution is -2.02. The smallest absolute Gasteiger partial charge is 0.337 e. The molecule has 0 bridgehead atoms. The van der Waals surface area contributed by atoms with Crippen molar-refractivity contribution in [1.29, 1.82) is 0 Å². The molecule has 0 unspecified atom stereocenters. The van der Waals surface area contributed by atoms with Crippen LogP contribution in [0.2, 0.25) is 0 Å². The van der Waals surface area contributed by atoms with Crippen molar-refractivity contribution in [1.82, 2.24) is 0 Å². The number of hydrogen-bond acceptors (Lipinski definition) is 3. The average molecular weight is 202 g/mol. The topological polar surface area (TPSA) is 43.4 Å². The Morgan fingerprint density at radius 2 is 2.20 bits per heavy atom. The number of ether oxygens (including phenoxy) is 1. The minimum Gasteiger partial charge on any atom is -0.465 e. The predicted octanol–water partition coefficient (Wildman–Crippen LogP) is 1.77. The molecule has 0 fully saturated rings. The third-order valence-electron chi connectivity index (χ3n) is 2.50. The highest BCUT2D eigenvalue weighted by atomic mass is 16.5. The van der Waals surface area contributed by atoms with Crippen molar-refractivity contribution in [3.63, 3.8) is 0 Å². The third kappa shape index (κ3) is 1.46. The molecule has 0 saturated heterocycles. The van der Waals surface area contributed by atoms with E-state index in [9.17, 15) is 9.59 Å². The number of carbonyl (C=O) groups is 2. The van der Waals surface area contributed by atoms with Gasteiger partial charge in [-0.1, -0.05) is 6.58 Å². The molecule has 1 aliphatic rings. The number of allylic oxidation sites excluding steroid dienone is 1. The van der Waals surface area contributed by atoms with Gasteiger partial charge in [-0.25, -0.2) is 4.79 Å². The molecule has 0 amide bonds. The Kier molecular flexibility index (Phi) is 2.15. The summed E-state index contributed by atoms with van der Waals surface area (Å²) >= 11 is 0. The van der Waals surface area contributed by atoms with Crippen molar-refractivity contribution in [3.05, 3.63) is 47.0 Å². The Balaban J connectivity index is 2.46. The molecule has 3 nitrogen and oxygen atoms in total. The maximum Gasteiger partial charge on any atom is 0.337 e. The molecule has 0 atom stereocenters. The highest BCUT2D eigenvalue weighted by molar-refractivity contribution is 6.13. The number of Topliss-reactive ketones (excluding diaryl/α,β-unsaturated/α-hetero) is 1. The molecule has 0 aliphatic heterocycles. The van der Waals surface area contributed by atoms with Gasteiger partial charge in [-0.05, 0) is 29.3 Å². The molecule has 1 aliphatic carbocycles. The van der Waals surface area contributed by atoms with Crippen LogP contribution in [0, 0.1) is 0 Å². The zero-order chi connectivity index (χ0) is 11.0. The minimum atomic E-state index is -0.386. The van der Waals surface area contributed by atoms with Crippen LogP contribution < -0.4 is 0 Å². The van der Waals surface area contributed by atoms with E-state index in [0.717, 1.165) is 5.56 Å². The van der Waals surface area contributed by atoms with Crippen molar-refractivity contribution in [2.45, 2.75) is 6.42 Å². The fraction of sp³-hybridized carbons (Fsp3) is 0.167. The molecular weight excluding hydrogens is 192 g/mol. The largest absolute Gasteiger partial charge is 0.465 e. The molecule has 1 aromatic rings. The molecule has 0 heterocycles. The lowest BCUT2D eigenvalue weighted by molar-refractivity contribution is 0.0600. The van der Waals surface area contributed by atoms with Crippen molar-refractivity contribution >= 4 is 11.8 Å². The predicted molar refractivity (Wildman–Crippen MR) is 55.0 cm³/mol. The van der Waals surface area contributed by atoms with Gasteiger partial charge in [0.05, 0.1) is 12.7 Å². The van der Waals surface area contributed by atoms with Crippen LogP contribution in [0.1, 0.15) is 26.3 Å². The van der Waals surface area contributed by atoms with Crippen LogP contribution in [0.25, 0.3) is 0 Å². The minimum absolute atomic E-state index is 0.0265. The first kappa shape index (κ1) is 9.65. The van der Waals surface area contributed by atoms with Gasteiger partial charge < -0.3 is 4.74 Å². The van der Waals surface area contributed by atoms with Crippen LogP contribution in [0.5, 0.6) is 0 Å². The van der Waals surface area contributed by atoms with E-state index in [1.54, 1.807) is 18.2 Å². The summed E-state index contributed by atoms with van der Waals surface area (Å²) in [4.78, 5) is 22.8. The summed E-state index contributed by atoms with van der Waals surface area (Å²) in [5.41, 5.74) is 2.55. The van der Waals surface area contributed by atoms with E-state index in [2.05, 4.69) is 11.3 Å². The number of esters is 1. The number of carbonyl (C=O) groups excluding carboxylic acids is 2. The van der Waals surface area contributed by atoms with E-state index in [-0.39, 0.29) is 11.8 Å². The molecule has 0 aromatic heterocycles. The molecule has 15 heavy (non-hydrogen) atoms. The Labute approximate surface area is 87.4 Å². The van der Waals surface area contributed by atoms with Crippen LogP contribution in [-0.4, -0.2) is 18.9 Å². The van der Waals surface area contributed by atoms with Gasteiger partial charge in [0.15, 0.2) is 5.78 Å². The summed E-state index contributed by atoms with van der Waals surface area (Å²) in [5, 5.41) is 0. The second-order valence-electron chi connectivity index (χ2n) is 3.47. The van der Waals surface area contributed by atoms with Gasteiger partial charge >= 0.3 is 5.97 Å². The van der Waals surface area contributed by atoms with Crippen LogP contribution in [0.15, 0.2) is 30.4 Å². The Morgan fingerprint density at radius 1 is 1.47 bits per heavy atom. The number of rotatable bonds is 1. The Hall–Kier alpha value is -1.90. The molecule has 3 heteroatoms. The van der Waals surface area contributed by atoms with Crippen LogP contribution >= 0.6 is 0 Å². The first-order valence-corrected chi connectivity index (χ1v) is 4.57. The van der Waals surface area contributed by atoms with Crippen LogP contribution in [-0.2, 0) is 11.2 Å². The van der Waals surface area contributed by atoms with Gasteiger partial charge in [-0.2, -0.15) is 0 Å². The Morgan fingerprint density at radius 3 is 2.87 bits per heavy atom. The second kappa shape index (κ2) is 3.35. The highest BCUT2D eigenvalue weighted by Crippen LogP contribution is 2.26. The maximum absolute atomic E-state index is 11.5. The molecule has 2 rings (SSSR count). The lowest BCUT2D eigenvalue weighted by atomic mass is 10.1. The molecule has 0 radical (unpaired) electrons. The van der Waals surface area contributed by atoms with Gasteiger partial charge in [0.25, 0.3) is 0 Å². The molecule has 0 N–H and O–H groups in total. The number of methoxy groups -OCH3 is 1. The fourth-order valence-corrected chi connectivity index (χ4v) is 1.71. The number of fused-ring (bicyclic) bond motifs is 1. The number of ketones is 1. The van der Waals surface area contributed by atoms with Crippen molar-refractivity contribution in [2.75, 3.05) is 7.11 Å². The first-order valence-electron chi connectivity index (χ1n) is 4.57. The van der Waals surface area contributed by atoms with Crippen LogP contribution in [0.4, 0.5) is 0 Å². The molecule has 0 saturated carbocycles. The maximum atomic E-state index is 11.5. The Bertz CT molecular complexity index is 472. The summed E-state index contributed by atoms with van der Waals surface area (Å²) in [6.45, 7) is 3.68. The lowest BCUT2D eigenvalue weighted by Gasteiger charge is -2.01. The summed E-state index contributed by atoms with van der Waals surface area (Å²) < 4.78 is 4.60. The molecule has 0 spiro atoms. The summed E-state index contributed by atoms with van der Waals surface area (Å²) in [6, 6.07) is 4.94. The summed E-state index contributed by atoms with van der Waals surface area (Å²) in [6.07, 6.45) is 0.527. The van der Waals surface area contributed by atoms with Crippen molar-refractivity contribution in [3.8, 4) is 0 Å². The van der Waals surface area contributed by atoms with E-state index < -0.39 is 0 Å². The monoisotopic (exact) mass is 202 g/mol. The summed E-state index contributed by atoms with van der Waals surface area (Å²) in [5.74, 6) is -0.413. The van der Waals surface area contributed by atoms with E-state index >= 15 is 0 Å². The first-order chi connectivity index (χ1) is 7.13. The molecule has 76 valence electrons. The highest BCUT2D eigenvalue weighted by Gasteiger charge is 2.24. The number of hydrogen-bond donors (Lipinski definition) is 0. The van der Waals surface area contributed by atoms with Crippen LogP contribution in [0.3, 0.4) is 0 Å². The van der Waals surface area contributed by atoms with Crippen molar-refractivity contribution < 1.29 is 14.3 Å². The average Bonchev–Trinajstić information content (AvgIpc) is 2.53. The van der Waals surface area contributed by atoms with E-state index in [4.69, 9.17) is 0 Å². The van der Waals surface area contributed by atoms with Gasteiger partial charge in [0, 0.05) is 12.0 Å². The molecular formula is C12H10O3. The third-order valence-corrected chi connectivity index (χ3v) is 2.50. The van der Waals surface area contributed by atoms with Gasteiger partial charge in [-0.3, -0.25) is 4.79 Å². The number of benzene rings is 1. The van der Waals surface area contributed by atoms with Crippen molar-refractivity contribution in [2.24, 2.45) is 0 Å². The van der Waals surface area contributed by atoms with E-state index in [1.807, 2.05) is 0 Å².